The predicted molar refractivity (Wildman–Crippen MR) is 260 cm³/mol. The summed E-state index contributed by atoms with van der Waals surface area (Å²) in [7, 11) is -5.13. The Labute approximate surface area is 431 Å². The number of thiazole rings is 1. The molecule has 1 unspecified atom stereocenters. The SMILES string of the molecule is CC(C)(C)OOC(=O)NCCC[n+]1ccc(N(C(=O)OC(C)(C)C)c2ccc(OCC(O/N=C(\C(=O)N[C@@H]3C(=O)N(OS(=O)(=O)O)C3(C)C)c3csc(NC(=O)OOC(C)(C)C)n3)C(=O)OC(C)(C)C)cn2)cc1. The Hall–Kier alpha value is -6.79. The molecule has 408 valence electrons. The fraction of sp³-hybridized carbons (Fsp3) is 0.556. The summed E-state index contributed by atoms with van der Waals surface area (Å²) in [6.07, 6.45) is 1.02. The van der Waals surface area contributed by atoms with Crippen molar-refractivity contribution in [1.82, 2.24) is 25.7 Å². The van der Waals surface area contributed by atoms with E-state index in [2.05, 4.69) is 35.4 Å². The predicted octanol–water partition coefficient (Wildman–Crippen LogP) is 5.37. The molecular weight excluding hydrogens is 1020 g/mol. The molecule has 0 radical (unpaired) electrons. The van der Waals surface area contributed by atoms with Gasteiger partial charge in [0, 0.05) is 30.5 Å². The number of nitrogens with one attached hydrogen (secondary N) is 3. The number of oxime groups is 1. The molecule has 1 saturated heterocycles. The summed E-state index contributed by atoms with van der Waals surface area (Å²) >= 11 is 0.811. The number of pyridine rings is 2. The number of nitrogens with zero attached hydrogens (tertiary/aromatic N) is 6. The summed E-state index contributed by atoms with van der Waals surface area (Å²) in [5.74, 6) is -3.01. The zero-order valence-corrected chi connectivity index (χ0v) is 45.1. The van der Waals surface area contributed by atoms with Crippen molar-refractivity contribution < 1.29 is 89.2 Å². The van der Waals surface area contributed by atoms with Crippen molar-refractivity contribution in [2.75, 3.05) is 23.4 Å². The number of ether oxygens (including phenoxy) is 3. The number of rotatable bonds is 20. The topological polar surface area (TPSA) is 324 Å². The van der Waals surface area contributed by atoms with E-state index in [4.69, 9.17) is 38.6 Å². The van der Waals surface area contributed by atoms with Crippen molar-refractivity contribution in [2.24, 2.45) is 5.16 Å². The van der Waals surface area contributed by atoms with Crippen molar-refractivity contribution in [3.8, 4) is 5.75 Å². The van der Waals surface area contributed by atoms with Crippen molar-refractivity contribution in [2.45, 2.75) is 150 Å². The van der Waals surface area contributed by atoms with Crippen LogP contribution in [0.4, 0.5) is 31.0 Å². The maximum Gasteiger partial charge on any atom is 0.444 e. The lowest BCUT2D eigenvalue weighted by Crippen LogP contribution is -2.76. The molecule has 0 aliphatic carbocycles. The third-order valence-electron chi connectivity index (χ3n) is 8.89. The Morgan fingerprint density at radius 3 is 2.04 bits per heavy atom. The molecule has 5 amide bonds. The van der Waals surface area contributed by atoms with Gasteiger partial charge in [-0.05, 0) is 109 Å². The van der Waals surface area contributed by atoms with E-state index in [0.29, 0.717) is 30.3 Å². The first-order chi connectivity index (χ1) is 34.0. The number of anilines is 3. The second-order valence-corrected chi connectivity index (χ2v) is 22.5. The van der Waals surface area contributed by atoms with Crippen LogP contribution in [-0.2, 0) is 69.5 Å². The fourth-order valence-corrected chi connectivity index (χ4v) is 6.89. The lowest BCUT2D eigenvalue weighted by atomic mass is 9.84. The molecule has 4 N–H and O–H groups in total. The summed E-state index contributed by atoms with van der Waals surface area (Å²) in [5, 5.41) is 12.8. The van der Waals surface area contributed by atoms with Gasteiger partial charge in [0.05, 0.1) is 17.4 Å². The van der Waals surface area contributed by atoms with E-state index >= 15 is 0 Å². The first-order valence-electron chi connectivity index (χ1n) is 22.7. The van der Waals surface area contributed by atoms with Crippen LogP contribution in [0.3, 0.4) is 0 Å². The molecule has 0 bridgehead atoms. The minimum atomic E-state index is -5.13. The molecule has 3 aromatic rings. The summed E-state index contributed by atoms with van der Waals surface area (Å²) in [6.45, 7) is 22.9. The third-order valence-corrected chi connectivity index (χ3v) is 9.98. The Morgan fingerprint density at radius 2 is 1.50 bits per heavy atom. The molecule has 1 aliphatic heterocycles. The first kappa shape index (κ1) is 59.8. The number of carbonyl (C=O) groups is 6. The normalized spacial score (nSPS) is 15.4. The van der Waals surface area contributed by atoms with Crippen LogP contribution in [0.2, 0.25) is 0 Å². The molecule has 3 aromatic heterocycles. The summed E-state index contributed by atoms with van der Waals surface area (Å²) in [4.78, 5) is 114. The smallest absolute Gasteiger partial charge is 0.444 e. The van der Waals surface area contributed by atoms with Gasteiger partial charge >= 0.3 is 34.6 Å². The second-order valence-electron chi connectivity index (χ2n) is 20.6. The minimum absolute atomic E-state index is 0.0743. The molecular formula is C45H64N9O18S2+. The monoisotopic (exact) mass is 1080 g/mol. The number of β-lactam (4-membered cyclic amide) rings is 1. The van der Waals surface area contributed by atoms with E-state index in [-0.39, 0.29) is 22.4 Å². The van der Waals surface area contributed by atoms with Gasteiger partial charge in [-0.15, -0.1) is 15.6 Å². The van der Waals surface area contributed by atoms with Crippen molar-refractivity contribution in [1.29, 1.82) is 0 Å². The summed E-state index contributed by atoms with van der Waals surface area (Å²) in [5.41, 5.74) is -5.53. The number of carbonyl (C=O) groups excluding carboxylic acids is 6. The van der Waals surface area contributed by atoms with Crippen LogP contribution >= 0.6 is 11.3 Å². The highest BCUT2D eigenvalue weighted by Crippen LogP contribution is 2.33. The largest absolute Gasteiger partial charge is 0.487 e. The number of aryl methyl sites for hydroxylation is 1. The molecule has 4 heterocycles. The zero-order valence-electron chi connectivity index (χ0n) is 43.5. The molecule has 0 spiro atoms. The van der Waals surface area contributed by atoms with Crippen LogP contribution in [0.15, 0.2) is 53.4 Å². The maximum absolute atomic E-state index is 14.0. The van der Waals surface area contributed by atoms with E-state index in [1.165, 1.54) is 42.5 Å². The molecule has 1 fully saturated rings. The molecule has 2 atom stereocenters. The third kappa shape index (κ3) is 19.2. The van der Waals surface area contributed by atoms with Crippen molar-refractivity contribution in [3.05, 3.63) is 53.9 Å². The van der Waals surface area contributed by atoms with Crippen molar-refractivity contribution >= 4 is 80.1 Å². The highest BCUT2D eigenvalue weighted by Gasteiger charge is 2.58. The highest BCUT2D eigenvalue weighted by atomic mass is 32.3. The molecule has 4 rings (SSSR count). The Morgan fingerprint density at radius 1 is 0.892 bits per heavy atom. The van der Waals surface area contributed by atoms with E-state index in [9.17, 15) is 41.7 Å². The minimum Gasteiger partial charge on any atom is -0.487 e. The molecule has 0 aromatic carbocycles. The van der Waals surface area contributed by atoms with Crippen LogP contribution in [0, 0.1) is 0 Å². The van der Waals surface area contributed by atoms with E-state index in [0.717, 1.165) is 11.3 Å². The van der Waals surface area contributed by atoms with Gasteiger partial charge in [-0.2, -0.15) is 23.3 Å². The Bertz CT molecular complexity index is 2620. The average molecular weight is 1080 g/mol. The molecule has 27 nitrogen and oxygen atoms in total. The van der Waals surface area contributed by atoms with Gasteiger partial charge in [-0.25, -0.2) is 38.6 Å². The number of hydroxylamine groups is 2. The maximum atomic E-state index is 14.0. The van der Waals surface area contributed by atoms with Gasteiger partial charge in [0.25, 0.3) is 17.9 Å². The van der Waals surface area contributed by atoms with Crippen molar-refractivity contribution in [3.63, 3.8) is 0 Å². The number of hydrogen-bond donors (Lipinski definition) is 4. The van der Waals surface area contributed by atoms with E-state index in [1.54, 1.807) is 108 Å². The van der Waals surface area contributed by atoms with Gasteiger partial charge in [0.15, 0.2) is 23.2 Å². The fourth-order valence-electron chi connectivity index (χ4n) is 5.75. The Balaban J connectivity index is 1.58. The Kier molecular flexibility index (Phi) is 19.4. The van der Waals surface area contributed by atoms with Crippen LogP contribution in [0.25, 0.3) is 0 Å². The van der Waals surface area contributed by atoms with Gasteiger partial charge in [0.1, 0.15) is 58.9 Å². The van der Waals surface area contributed by atoms with Gasteiger partial charge in [-0.1, -0.05) is 5.16 Å². The van der Waals surface area contributed by atoms with E-state index in [1.807, 2.05) is 4.57 Å². The lowest BCUT2D eigenvalue weighted by molar-refractivity contribution is -0.697. The second kappa shape index (κ2) is 24.0. The first-order valence-corrected chi connectivity index (χ1v) is 24.9. The number of hydrogen-bond acceptors (Lipinski definition) is 21. The summed E-state index contributed by atoms with van der Waals surface area (Å²) < 4.78 is 55.4. The standard InChI is InChI=1S/C45H63N9O18S2/c1-41(2,3)65-36(57)30(67-51-32(29-26-73-37(48-29)50-39(59)69-71-44(10,11)12)34(55)49-33-35(56)54(45(33,13)14)72-74(61,62)63)25-64-28-16-17-31(47-24-28)53(40(60)66-42(4,5)6)27-18-22-52(23-19-27)21-15-20-46-38(58)68-70-43(7,8)9/h16-19,22-24,26,30,33H,15,20-21,25H2,1-14H3,(H3-,46,48,49,50,55,58,59,61,62,63)/p+1/b51-32-/t30?,33-/m1/s1. The number of esters is 1. The quantitative estimate of drug-likeness (QED) is 0.0161. The molecule has 0 saturated carbocycles. The van der Waals surface area contributed by atoms with Gasteiger partial charge in [0.2, 0.25) is 0 Å². The molecule has 74 heavy (non-hydrogen) atoms. The van der Waals surface area contributed by atoms with Crippen LogP contribution in [0.1, 0.15) is 109 Å². The number of aromatic nitrogens is 3. The zero-order chi connectivity index (χ0) is 55.6. The summed E-state index contributed by atoms with van der Waals surface area (Å²) in [6, 6.07) is 4.80. The molecule has 1 aliphatic rings. The van der Waals surface area contributed by atoms with Crippen LogP contribution < -0.4 is 30.2 Å². The van der Waals surface area contributed by atoms with Crippen LogP contribution in [-0.4, -0.2) is 123 Å². The highest BCUT2D eigenvalue weighted by molar-refractivity contribution is 7.80. The lowest BCUT2D eigenvalue weighted by Gasteiger charge is -2.50. The number of amides is 5. The van der Waals surface area contributed by atoms with Gasteiger partial charge < -0.3 is 29.7 Å². The molecule has 29 heteroatoms. The van der Waals surface area contributed by atoms with Gasteiger partial charge in [-0.3, -0.25) is 29.2 Å². The van der Waals surface area contributed by atoms with E-state index < -0.39 is 98.9 Å². The van der Waals surface area contributed by atoms with Crippen LogP contribution in [0.5, 0.6) is 5.75 Å². The average Bonchev–Trinajstić information content (AvgIpc) is 3.72.